The Morgan fingerprint density at radius 2 is 1.89 bits per heavy atom. The van der Waals surface area contributed by atoms with Gasteiger partial charge >= 0.3 is 0 Å². The van der Waals surface area contributed by atoms with Gasteiger partial charge in [-0.1, -0.05) is 24.3 Å². The van der Waals surface area contributed by atoms with E-state index < -0.39 is 17.7 Å². The normalized spacial score (nSPS) is 12.0. The van der Waals surface area contributed by atoms with Crippen LogP contribution in [0.25, 0.3) is 5.69 Å². The molecule has 7 heteroatoms. The number of anilines is 1. The minimum atomic E-state index is -0.645. The Bertz CT molecular complexity index is 940. The molecule has 0 saturated carbocycles. The largest absolute Gasteiger partial charge is 0.309 e. The lowest BCUT2D eigenvalue weighted by atomic mass is 10.1. The van der Waals surface area contributed by atoms with E-state index in [4.69, 9.17) is 0 Å². The van der Waals surface area contributed by atoms with Crippen molar-refractivity contribution in [3.63, 3.8) is 0 Å². The van der Waals surface area contributed by atoms with Crippen LogP contribution in [-0.4, -0.2) is 22.2 Å². The molecule has 0 aliphatic heterocycles. The van der Waals surface area contributed by atoms with Crippen molar-refractivity contribution in [3.8, 4) is 5.69 Å². The first-order valence-electron chi connectivity index (χ1n) is 8.54. The van der Waals surface area contributed by atoms with E-state index in [0.29, 0.717) is 11.4 Å². The van der Waals surface area contributed by atoms with Gasteiger partial charge in [-0.05, 0) is 32.0 Å². The van der Waals surface area contributed by atoms with Crippen LogP contribution in [0.3, 0.4) is 0 Å². The summed E-state index contributed by atoms with van der Waals surface area (Å²) in [5.74, 6) is -1.02. The Morgan fingerprint density at radius 3 is 2.59 bits per heavy atom. The third-order valence-electron chi connectivity index (χ3n) is 4.10. The second-order valence-electron chi connectivity index (χ2n) is 6.23. The van der Waals surface area contributed by atoms with Crippen molar-refractivity contribution in [1.29, 1.82) is 0 Å². The molecule has 0 saturated heterocycles. The Morgan fingerprint density at radius 1 is 1.15 bits per heavy atom. The minimum Gasteiger partial charge on any atom is -0.309 e. The second kappa shape index (κ2) is 8.09. The lowest BCUT2D eigenvalue weighted by molar-refractivity contribution is -0.115. The van der Waals surface area contributed by atoms with Crippen molar-refractivity contribution in [3.05, 3.63) is 77.5 Å². The summed E-state index contributed by atoms with van der Waals surface area (Å²) in [6, 6.07) is 14.2. The lowest BCUT2D eigenvalue weighted by Crippen LogP contribution is -2.31. The van der Waals surface area contributed by atoms with Gasteiger partial charge < -0.3 is 10.6 Å². The first kappa shape index (κ1) is 18.7. The number of amides is 1. The van der Waals surface area contributed by atoms with Gasteiger partial charge in [0.1, 0.15) is 17.5 Å². The number of aryl methyl sites for hydroxylation is 1. The highest BCUT2D eigenvalue weighted by Gasteiger charge is 2.14. The van der Waals surface area contributed by atoms with Gasteiger partial charge in [-0.3, -0.25) is 4.79 Å². The molecule has 2 aromatic carbocycles. The van der Waals surface area contributed by atoms with E-state index in [1.54, 1.807) is 17.7 Å². The quantitative estimate of drug-likeness (QED) is 0.695. The number of hydrogen-bond donors (Lipinski definition) is 2. The molecule has 2 N–H and O–H groups in total. The zero-order valence-electron chi connectivity index (χ0n) is 15.0. The van der Waals surface area contributed by atoms with Crippen molar-refractivity contribution in [2.75, 3.05) is 11.9 Å². The minimum absolute atomic E-state index is 0.0308. The highest BCUT2D eigenvalue weighted by Crippen LogP contribution is 2.18. The molecule has 1 aromatic heterocycles. The predicted molar refractivity (Wildman–Crippen MR) is 99.7 cm³/mol. The molecule has 0 bridgehead atoms. The second-order valence-corrected chi connectivity index (χ2v) is 6.23. The van der Waals surface area contributed by atoms with E-state index in [9.17, 15) is 13.6 Å². The van der Waals surface area contributed by atoms with Crippen LogP contribution >= 0.6 is 0 Å². The standard InChI is InChI=1S/C20H20F2N4O/c1-13-10-19(26(25-13)16-6-4-3-5-7-16)24-20(27)12-23-14(2)17-9-8-15(21)11-18(17)22/h3-11,14,23H,12H2,1-2H3,(H,24,27)/t14-/m1/s1. The summed E-state index contributed by atoms with van der Waals surface area (Å²) in [4.78, 5) is 12.3. The van der Waals surface area contributed by atoms with Crippen LogP contribution in [0.4, 0.5) is 14.6 Å². The van der Waals surface area contributed by atoms with Gasteiger partial charge in [-0.2, -0.15) is 5.10 Å². The third-order valence-corrected chi connectivity index (χ3v) is 4.10. The molecule has 3 aromatic rings. The average Bonchev–Trinajstić information content (AvgIpc) is 3.00. The molecule has 0 aliphatic carbocycles. The molecule has 3 rings (SSSR count). The smallest absolute Gasteiger partial charge is 0.239 e. The van der Waals surface area contributed by atoms with Crippen LogP contribution in [0.1, 0.15) is 24.2 Å². The first-order valence-corrected chi connectivity index (χ1v) is 8.54. The SMILES string of the molecule is Cc1cc(NC(=O)CN[C@H](C)c2ccc(F)cc2F)n(-c2ccccc2)n1. The molecule has 1 atom stereocenters. The van der Waals surface area contributed by atoms with E-state index in [0.717, 1.165) is 17.4 Å². The molecule has 5 nitrogen and oxygen atoms in total. The van der Waals surface area contributed by atoms with Crippen LogP contribution in [0.2, 0.25) is 0 Å². The van der Waals surface area contributed by atoms with E-state index >= 15 is 0 Å². The number of carbonyl (C=O) groups excluding carboxylic acids is 1. The van der Waals surface area contributed by atoms with Gasteiger partial charge in [0, 0.05) is 23.7 Å². The van der Waals surface area contributed by atoms with Crippen molar-refractivity contribution < 1.29 is 13.6 Å². The van der Waals surface area contributed by atoms with Crippen LogP contribution in [-0.2, 0) is 4.79 Å². The van der Waals surface area contributed by atoms with Gasteiger partial charge in [0.2, 0.25) is 5.91 Å². The van der Waals surface area contributed by atoms with Crippen LogP contribution in [0, 0.1) is 18.6 Å². The number of nitrogens with zero attached hydrogens (tertiary/aromatic N) is 2. The molecule has 27 heavy (non-hydrogen) atoms. The number of rotatable bonds is 6. The zero-order valence-corrected chi connectivity index (χ0v) is 15.0. The Hall–Kier alpha value is -3.06. The van der Waals surface area contributed by atoms with Gasteiger partial charge in [0.15, 0.2) is 0 Å². The highest BCUT2D eigenvalue weighted by atomic mass is 19.1. The molecular formula is C20H20F2N4O. The van der Waals surface area contributed by atoms with E-state index in [2.05, 4.69) is 15.7 Å². The maximum atomic E-state index is 13.8. The number of halogens is 2. The average molecular weight is 370 g/mol. The van der Waals surface area contributed by atoms with E-state index in [-0.39, 0.29) is 12.5 Å². The maximum Gasteiger partial charge on any atom is 0.239 e. The summed E-state index contributed by atoms with van der Waals surface area (Å²) >= 11 is 0. The molecule has 0 aliphatic rings. The lowest BCUT2D eigenvalue weighted by Gasteiger charge is -2.15. The molecule has 0 unspecified atom stereocenters. The molecular weight excluding hydrogens is 350 g/mol. The predicted octanol–water partition coefficient (Wildman–Crippen LogP) is 3.75. The van der Waals surface area contributed by atoms with Gasteiger partial charge in [0.25, 0.3) is 0 Å². The van der Waals surface area contributed by atoms with Gasteiger partial charge in [-0.15, -0.1) is 0 Å². The highest BCUT2D eigenvalue weighted by molar-refractivity contribution is 5.91. The molecule has 140 valence electrons. The number of hydrogen-bond acceptors (Lipinski definition) is 3. The summed E-state index contributed by atoms with van der Waals surface area (Å²) in [5.41, 5.74) is 1.90. The number of nitrogens with one attached hydrogen (secondary N) is 2. The maximum absolute atomic E-state index is 13.8. The Kier molecular flexibility index (Phi) is 5.61. The van der Waals surface area contributed by atoms with Gasteiger partial charge in [-0.25, -0.2) is 13.5 Å². The topological polar surface area (TPSA) is 59.0 Å². The van der Waals surface area contributed by atoms with Crippen molar-refractivity contribution in [2.24, 2.45) is 0 Å². The molecule has 1 heterocycles. The van der Waals surface area contributed by atoms with E-state index in [1.165, 1.54) is 12.1 Å². The van der Waals surface area contributed by atoms with E-state index in [1.807, 2.05) is 37.3 Å². The Balaban J connectivity index is 1.65. The fourth-order valence-electron chi connectivity index (χ4n) is 2.75. The third kappa shape index (κ3) is 4.57. The number of aromatic nitrogens is 2. The number of benzene rings is 2. The first-order chi connectivity index (χ1) is 12.9. The van der Waals surface area contributed by atoms with Crippen molar-refractivity contribution in [1.82, 2.24) is 15.1 Å². The summed E-state index contributed by atoms with van der Waals surface area (Å²) in [6.07, 6.45) is 0. The van der Waals surface area contributed by atoms with Crippen molar-refractivity contribution >= 4 is 11.7 Å². The molecule has 0 fully saturated rings. The van der Waals surface area contributed by atoms with Crippen molar-refractivity contribution in [2.45, 2.75) is 19.9 Å². The molecule has 1 amide bonds. The summed E-state index contributed by atoms with van der Waals surface area (Å²) in [7, 11) is 0. The summed E-state index contributed by atoms with van der Waals surface area (Å²) in [5, 5.41) is 10.1. The molecule has 0 spiro atoms. The number of para-hydroxylation sites is 1. The monoisotopic (exact) mass is 370 g/mol. The zero-order chi connectivity index (χ0) is 19.4. The number of carbonyl (C=O) groups is 1. The van der Waals surface area contributed by atoms with Crippen LogP contribution < -0.4 is 10.6 Å². The van der Waals surface area contributed by atoms with Crippen LogP contribution in [0.15, 0.2) is 54.6 Å². The Labute approximate surface area is 156 Å². The van der Waals surface area contributed by atoms with Crippen LogP contribution in [0.5, 0.6) is 0 Å². The summed E-state index contributed by atoms with van der Waals surface area (Å²) in [6.45, 7) is 3.52. The molecule has 0 radical (unpaired) electrons. The van der Waals surface area contributed by atoms with Gasteiger partial charge in [0.05, 0.1) is 17.9 Å². The fraction of sp³-hybridized carbons (Fsp3) is 0.200. The fourth-order valence-corrected chi connectivity index (χ4v) is 2.75. The summed E-state index contributed by atoms with van der Waals surface area (Å²) < 4.78 is 28.5.